The molecule has 1 fully saturated rings. The molecule has 2 aliphatic heterocycles. The van der Waals surface area contributed by atoms with Gasteiger partial charge in [-0.25, -0.2) is 0 Å². The fourth-order valence-electron chi connectivity index (χ4n) is 3.88. The maximum Gasteiger partial charge on any atom is 0.285 e. The summed E-state index contributed by atoms with van der Waals surface area (Å²) in [6.07, 6.45) is 1.61. The number of ether oxygens (including phenoxy) is 2. The van der Waals surface area contributed by atoms with Crippen LogP contribution in [0.25, 0.3) is 6.08 Å². The first-order chi connectivity index (χ1) is 18.4. The minimum Gasteiger partial charge on any atom is -0.495 e. The number of thiocarbonyl (C=S) groups is 1. The number of nitrogens with one attached hydrogen (secondary N) is 1. The van der Waals surface area contributed by atoms with E-state index in [-0.39, 0.29) is 32.9 Å². The van der Waals surface area contributed by atoms with E-state index in [1.54, 1.807) is 66.7 Å². The number of carbonyl (C=O) groups is 4. The molecule has 9 nitrogen and oxygen atoms in total. The molecule has 0 aliphatic carbocycles. The van der Waals surface area contributed by atoms with E-state index in [0.29, 0.717) is 22.7 Å². The molecule has 0 aromatic heterocycles. The van der Waals surface area contributed by atoms with Gasteiger partial charge in [0.25, 0.3) is 23.6 Å². The molecule has 2 aliphatic rings. The zero-order valence-electron chi connectivity index (χ0n) is 19.9. The smallest absolute Gasteiger partial charge is 0.285 e. The van der Waals surface area contributed by atoms with Crippen molar-refractivity contribution >= 4 is 63.7 Å². The van der Waals surface area contributed by atoms with Gasteiger partial charge in [-0.2, -0.15) is 10.0 Å². The largest absolute Gasteiger partial charge is 0.495 e. The molecule has 0 bridgehead atoms. The number of amides is 4. The van der Waals surface area contributed by atoms with Gasteiger partial charge in [-0.15, -0.1) is 0 Å². The predicted molar refractivity (Wildman–Crippen MR) is 146 cm³/mol. The molecule has 5 rings (SSSR count). The molecule has 3 aromatic rings. The lowest BCUT2D eigenvalue weighted by Crippen LogP contribution is -2.48. The minimum atomic E-state index is -0.598. The van der Waals surface area contributed by atoms with Crippen molar-refractivity contribution in [1.82, 2.24) is 10.0 Å². The number of imide groups is 1. The van der Waals surface area contributed by atoms with E-state index < -0.39 is 17.7 Å². The van der Waals surface area contributed by atoms with Crippen LogP contribution in [0.5, 0.6) is 11.5 Å². The quantitative estimate of drug-likeness (QED) is 0.269. The maximum absolute atomic E-state index is 13.1. The number of hydrogen-bond acceptors (Lipinski definition) is 8. The highest BCUT2D eigenvalue weighted by Gasteiger charge is 2.46. The summed E-state index contributed by atoms with van der Waals surface area (Å²) in [4.78, 5) is 51.3. The summed E-state index contributed by atoms with van der Waals surface area (Å²) in [5, 5.41) is 4.46. The summed E-state index contributed by atoms with van der Waals surface area (Å²) < 4.78 is 10.9. The monoisotopic (exact) mass is 545 g/mol. The van der Waals surface area contributed by atoms with Gasteiger partial charge in [0.1, 0.15) is 11.5 Å². The van der Waals surface area contributed by atoms with E-state index in [2.05, 4.69) is 5.32 Å². The molecular formula is C27H19N3O6S2. The van der Waals surface area contributed by atoms with E-state index in [4.69, 9.17) is 21.7 Å². The SMILES string of the molecule is COc1ccccc1NC(=O)COc1ccc(C=C2SC(=S)N(N3C(=O)c4ccccc4C3=O)C2=O)cc1. The van der Waals surface area contributed by atoms with Crippen LogP contribution in [0.4, 0.5) is 5.69 Å². The van der Waals surface area contributed by atoms with Crippen molar-refractivity contribution in [2.24, 2.45) is 0 Å². The van der Waals surface area contributed by atoms with Gasteiger partial charge in [-0.3, -0.25) is 19.2 Å². The van der Waals surface area contributed by atoms with Gasteiger partial charge >= 0.3 is 0 Å². The van der Waals surface area contributed by atoms with E-state index in [0.717, 1.165) is 21.8 Å². The molecule has 3 aromatic carbocycles. The standard InChI is InChI=1S/C27H19N3O6S2/c1-35-21-9-5-4-8-20(21)28-23(31)15-36-17-12-10-16(11-13-17)14-22-26(34)30(27(37)38-22)29-24(32)18-6-2-3-7-19(18)25(29)33/h2-14H,15H2,1H3,(H,28,31). The van der Waals surface area contributed by atoms with Crippen molar-refractivity contribution in [3.05, 3.63) is 94.4 Å². The van der Waals surface area contributed by atoms with Gasteiger partial charge in [0.15, 0.2) is 10.9 Å². The van der Waals surface area contributed by atoms with Crippen molar-refractivity contribution in [3.8, 4) is 11.5 Å². The summed E-state index contributed by atoms with van der Waals surface area (Å²) in [5.41, 5.74) is 1.65. The zero-order chi connectivity index (χ0) is 26.8. The second-order valence-corrected chi connectivity index (χ2v) is 9.74. The van der Waals surface area contributed by atoms with Crippen molar-refractivity contribution < 1.29 is 28.7 Å². The van der Waals surface area contributed by atoms with Crippen LogP contribution in [0.3, 0.4) is 0 Å². The third-order valence-corrected chi connectivity index (χ3v) is 6.96. The number of benzene rings is 3. The molecular weight excluding hydrogens is 526 g/mol. The summed E-state index contributed by atoms with van der Waals surface area (Å²) >= 11 is 6.32. The predicted octanol–water partition coefficient (Wildman–Crippen LogP) is 4.13. The first-order valence-electron chi connectivity index (χ1n) is 11.3. The molecule has 2 heterocycles. The molecule has 0 unspecified atom stereocenters. The number of hydrogen-bond donors (Lipinski definition) is 1. The van der Waals surface area contributed by atoms with Crippen LogP contribution in [0.1, 0.15) is 26.3 Å². The Bertz CT molecular complexity index is 1480. The number of hydrazine groups is 1. The Morgan fingerprint density at radius 2 is 1.53 bits per heavy atom. The van der Waals surface area contributed by atoms with E-state index in [9.17, 15) is 19.2 Å². The third-order valence-electron chi connectivity index (χ3n) is 5.67. The Morgan fingerprint density at radius 3 is 2.18 bits per heavy atom. The maximum atomic E-state index is 13.1. The lowest BCUT2D eigenvalue weighted by molar-refractivity contribution is -0.128. The normalized spacial score (nSPS) is 15.8. The third kappa shape index (κ3) is 4.76. The highest BCUT2D eigenvalue weighted by atomic mass is 32.2. The van der Waals surface area contributed by atoms with Crippen LogP contribution in [0.15, 0.2) is 77.7 Å². The van der Waals surface area contributed by atoms with Crippen LogP contribution in [-0.2, 0) is 9.59 Å². The highest BCUT2D eigenvalue weighted by molar-refractivity contribution is 8.26. The molecule has 11 heteroatoms. The van der Waals surface area contributed by atoms with Gasteiger partial charge in [0, 0.05) is 0 Å². The number of fused-ring (bicyclic) bond motifs is 1. The number of anilines is 1. The lowest BCUT2D eigenvalue weighted by Gasteiger charge is -2.23. The van der Waals surface area contributed by atoms with E-state index in [1.165, 1.54) is 19.2 Å². The fraction of sp³-hybridized carbons (Fsp3) is 0.0741. The zero-order valence-corrected chi connectivity index (χ0v) is 21.5. The minimum absolute atomic E-state index is 0.0803. The molecule has 1 N–H and O–H groups in total. The van der Waals surface area contributed by atoms with Crippen LogP contribution >= 0.6 is 24.0 Å². The second kappa shape index (κ2) is 10.5. The van der Waals surface area contributed by atoms with Crippen LogP contribution < -0.4 is 14.8 Å². The molecule has 190 valence electrons. The number of rotatable bonds is 7. The Kier molecular flexibility index (Phi) is 6.95. The van der Waals surface area contributed by atoms with Gasteiger partial charge in [0.2, 0.25) is 0 Å². The fourth-order valence-corrected chi connectivity index (χ4v) is 5.13. The molecule has 0 atom stereocenters. The van der Waals surface area contributed by atoms with Crippen LogP contribution in [-0.4, -0.2) is 51.7 Å². The summed E-state index contributed by atoms with van der Waals surface area (Å²) in [7, 11) is 1.52. The van der Waals surface area contributed by atoms with E-state index >= 15 is 0 Å². The van der Waals surface area contributed by atoms with Crippen molar-refractivity contribution in [1.29, 1.82) is 0 Å². The van der Waals surface area contributed by atoms with Gasteiger partial charge in [0.05, 0.1) is 28.8 Å². The molecule has 4 amide bonds. The molecule has 0 saturated carbocycles. The topological polar surface area (TPSA) is 105 Å². The number of nitrogens with zero attached hydrogens (tertiary/aromatic N) is 2. The second-order valence-electron chi connectivity index (χ2n) is 8.07. The Balaban J connectivity index is 1.23. The van der Waals surface area contributed by atoms with Crippen molar-refractivity contribution in [3.63, 3.8) is 0 Å². The Labute approximate surface area is 227 Å². The number of para-hydroxylation sites is 2. The number of methoxy groups -OCH3 is 1. The van der Waals surface area contributed by atoms with Gasteiger partial charge in [-0.1, -0.05) is 48.2 Å². The molecule has 0 radical (unpaired) electrons. The lowest BCUT2D eigenvalue weighted by atomic mass is 10.1. The van der Waals surface area contributed by atoms with Gasteiger partial charge < -0.3 is 14.8 Å². The number of thioether (sulfide) groups is 1. The highest BCUT2D eigenvalue weighted by Crippen LogP contribution is 2.37. The molecule has 1 saturated heterocycles. The van der Waals surface area contributed by atoms with Crippen LogP contribution in [0, 0.1) is 0 Å². The Morgan fingerprint density at radius 1 is 0.895 bits per heavy atom. The first kappa shape index (κ1) is 25.2. The summed E-state index contributed by atoms with van der Waals surface area (Å²) in [5.74, 6) is -1.12. The van der Waals surface area contributed by atoms with E-state index in [1.807, 2.05) is 0 Å². The first-order valence-corrected chi connectivity index (χ1v) is 12.5. The Hall–Kier alpha value is -4.48. The van der Waals surface area contributed by atoms with Gasteiger partial charge in [-0.05, 0) is 60.3 Å². The summed E-state index contributed by atoms with van der Waals surface area (Å²) in [6, 6.07) is 20.2. The van der Waals surface area contributed by atoms with Crippen LogP contribution in [0.2, 0.25) is 0 Å². The van der Waals surface area contributed by atoms with Crippen molar-refractivity contribution in [2.75, 3.05) is 19.0 Å². The average molecular weight is 546 g/mol. The number of carbonyl (C=O) groups excluding carboxylic acids is 4. The summed E-state index contributed by atoms with van der Waals surface area (Å²) in [6.45, 7) is -0.212. The molecule has 0 spiro atoms. The molecule has 38 heavy (non-hydrogen) atoms. The average Bonchev–Trinajstić information content (AvgIpc) is 3.34. The van der Waals surface area contributed by atoms with Crippen molar-refractivity contribution in [2.45, 2.75) is 0 Å².